The molecule has 7 nitrogen and oxygen atoms in total. The van der Waals surface area contributed by atoms with E-state index in [9.17, 15) is 9.18 Å². The molecule has 0 bridgehead atoms. The molecule has 0 aliphatic carbocycles. The molecule has 0 radical (unpaired) electrons. The lowest BCUT2D eigenvalue weighted by Gasteiger charge is -2.36. The lowest BCUT2D eigenvalue weighted by Crippen LogP contribution is -2.46. The Morgan fingerprint density at radius 3 is 2.86 bits per heavy atom. The summed E-state index contributed by atoms with van der Waals surface area (Å²) in [6, 6.07) is 13.0. The summed E-state index contributed by atoms with van der Waals surface area (Å²) in [7, 11) is 2.02. The highest BCUT2D eigenvalue weighted by Gasteiger charge is 2.30. The smallest absolute Gasteiger partial charge is 0.319 e. The quantitative estimate of drug-likeness (QED) is 0.635. The summed E-state index contributed by atoms with van der Waals surface area (Å²) >= 11 is 0. The summed E-state index contributed by atoms with van der Waals surface area (Å²) < 4.78 is 13.5. The van der Waals surface area contributed by atoms with Gasteiger partial charge in [-0.25, -0.2) is 14.2 Å². The highest BCUT2D eigenvalue weighted by atomic mass is 19.1. The Kier molecular flexibility index (Phi) is 5.14. The third kappa shape index (κ3) is 4.20. The maximum atomic E-state index is 13.5. The molecular formula is C21H21FN6O. The lowest BCUT2D eigenvalue weighted by atomic mass is 9.97. The summed E-state index contributed by atoms with van der Waals surface area (Å²) in [5.41, 5.74) is 2.57. The lowest BCUT2D eigenvalue weighted by molar-refractivity contribution is 0.153. The number of fused-ring (bicyclic) bond motifs is 1. The van der Waals surface area contributed by atoms with Crippen molar-refractivity contribution in [3.8, 4) is 6.07 Å². The number of carbonyl (C=O) groups is 1. The second kappa shape index (κ2) is 7.89. The number of hydrogen-bond acceptors (Lipinski definition) is 4. The first kappa shape index (κ1) is 18.9. The predicted octanol–water partition coefficient (Wildman–Crippen LogP) is 3.53. The monoisotopic (exact) mass is 392 g/mol. The van der Waals surface area contributed by atoms with Gasteiger partial charge in [0, 0.05) is 18.3 Å². The molecular weight excluding hydrogens is 371 g/mol. The number of halogens is 1. The average Bonchev–Trinajstić information content (AvgIpc) is 3.13. The molecule has 4 rings (SSSR count). The number of rotatable bonds is 3. The Morgan fingerprint density at radius 2 is 2.10 bits per heavy atom. The number of H-pyrrole nitrogens is 1. The van der Waals surface area contributed by atoms with E-state index in [2.05, 4.69) is 25.5 Å². The third-order valence-corrected chi connectivity index (χ3v) is 5.26. The number of carbonyl (C=O) groups excluding carboxylic acids is 1. The van der Waals surface area contributed by atoms with Crippen molar-refractivity contribution in [1.82, 2.24) is 20.2 Å². The first-order valence-corrected chi connectivity index (χ1v) is 9.45. The number of hydrogen-bond donors (Lipinski definition) is 3. The van der Waals surface area contributed by atoms with E-state index in [1.165, 1.54) is 12.1 Å². The Morgan fingerprint density at radius 1 is 1.31 bits per heavy atom. The van der Waals surface area contributed by atoms with Crippen LogP contribution in [0.25, 0.3) is 11.0 Å². The molecule has 1 aromatic heterocycles. The molecule has 1 unspecified atom stereocenters. The second-order valence-electron chi connectivity index (χ2n) is 7.29. The Hall–Kier alpha value is -3.44. The van der Waals surface area contributed by atoms with Crippen molar-refractivity contribution in [2.24, 2.45) is 0 Å². The summed E-state index contributed by atoms with van der Waals surface area (Å²) in [6.07, 6.45) is 1.52. The maximum Gasteiger partial charge on any atom is 0.319 e. The SMILES string of the molecule is CN1CCC(NC(=O)Nc2ccc(C#N)cc2)C[C@@H]1c1nc2ccc(F)cc2[nH]1. The second-order valence-corrected chi connectivity index (χ2v) is 7.29. The summed E-state index contributed by atoms with van der Waals surface area (Å²) in [4.78, 5) is 22.4. The minimum Gasteiger partial charge on any atom is -0.341 e. The van der Waals surface area contributed by atoms with Gasteiger partial charge in [0.15, 0.2) is 0 Å². The molecule has 0 spiro atoms. The molecule has 2 amide bonds. The minimum atomic E-state index is -0.302. The average molecular weight is 392 g/mol. The number of imidazole rings is 1. The van der Waals surface area contributed by atoms with Gasteiger partial charge in [-0.3, -0.25) is 4.90 Å². The van der Waals surface area contributed by atoms with Crippen molar-refractivity contribution in [1.29, 1.82) is 5.26 Å². The van der Waals surface area contributed by atoms with Gasteiger partial charge in [0.2, 0.25) is 0 Å². The first-order valence-electron chi connectivity index (χ1n) is 9.45. The molecule has 3 N–H and O–H groups in total. The number of amides is 2. The van der Waals surface area contributed by atoms with Crippen molar-refractivity contribution >= 4 is 22.8 Å². The van der Waals surface area contributed by atoms with Gasteiger partial charge in [-0.2, -0.15) is 5.26 Å². The largest absolute Gasteiger partial charge is 0.341 e. The molecule has 1 aliphatic rings. The van der Waals surface area contributed by atoms with E-state index < -0.39 is 0 Å². The van der Waals surface area contributed by atoms with E-state index in [-0.39, 0.29) is 23.9 Å². The van der Waals surface area contributed by atoms with Gasteiger partial charge in [-0.05, 0) is 62.4 Å². The highest BCUT2D eigenvalue weighted by Crippen LogP contribution is 2.29. The molecule has 3 aromatic rings. The number of benzene rings is 2. The van der Waals surface area contributed by atoms with Crippen LogP contribution in [0.3, 0.4) is 0 Å². The Labute approximate surface area is 167 Å². The van der Waals surface area contributed by atoms with Crippen LogP contribution < -0.4 is 10.6 Å². The van der Waals surface area contributed by atoms with Crippen LogP contribution in [0.15, 0.2) is 42.5 Å². The number of nitriles is 1. The van der Waals surface area contributed by atoms with Crippen LogP contribution in [-0.4, -0.2) is 40.5 Å². The standard InChI is InChI=1S/C21H21FN6O/c1-28-9-8-16(25-21(29)24-15-5-2-13(12-23)3-6-15)11-19(28)20-26-17-7-4-14(22)10-18(17)27-20/h2-7,10,16,19H,8-9,11H2,1H3,(H,26,27)(H2,24,25,29)/t16?,19-/m1/s1. The van der Waals surface area contributed by atoms with Crippen molar-refractivity contribution in [3.05, 3.63) is 59.7 Å². The molecule has 2 heterocycles. The molecule has 1 fully saturated rings. The predicted molar refractivity (Wildman–Crippen MR) is 108 cm³/mol. The fourth-order valence-corrected chi connectivity index (χ4v) is 3.67. The minimum absolute atomic E-state index is 0.000534. The third-order valence-electron chi connectivity index (χ3n) is 5.26. The number of aromatic nitrogens is 2. The van der Waals surface area contributed by atoms with Crippen LogP contribution in [0.2, 0.25) is 0 Å². The van der Waals surface area contributed by atoms with Gasteiger partial charge in [0.05, 0.1) is 28.7 Å². The number of nitrogens with one attached hydrogen (secondary N) is 3. The maximum absolute atomic E-state index is 13.5. The number of nitrogens with zero attached hydrogens (tertiary/aromatic N) is 3. The van der Waals surface area contributed by atoms with E-state index in [1.807, 2.05) is 13.1 Å². The van der Waals surface area contributed by atoms with Crippen LogP contribution in [-0.2, 0) is 0 Å². The van der Waals surface area contributed by atoms with E-state index in [4.69, 9.17) is 5.26 Å². The van der Waals surface area contributed by atoms with Gasteiger partial charge in [0.25, 0.3) is 0 Å². The van der Waals surface area contributed by atoms with Gasteiger partial charge < -0.3 is 15.6 Å². The van der Waals surface area contributed by atoms with Crippen LogP contribution >= 0.6 is 0 Å². The van der Waals surface area contributed by atoms with Crippen LogP contribution in [0.4, 0.5) is 14.9 Å². The van der Waals surface area contributed by atoms with Crippen molar-refractivity contribution in [2.45, 2.75) is 24.9 Å². The van der Waals surface area contributed by atoms with Gasteiger partial charge in [-0.1, -0.05) is 0 Å². The van der Waals surface area contributed by atoms with E-state index in [0.29, 0.717) is 23.2 Å². The van der Waals surface area contributed by atoms with Gasteiger partial charge in [-0.15, -0.1) is 0 Å². The van der Waals surface area contributed by atoms with Crippen molar-refractivity contribution in [2.75, 3.05) is 18.9 Å². The zero-order valence-electron chi connectivity index (χ0n) is 15.9. The fourth-order valence-electron chi connectivity index (χ4n) is 3.67. The molecule has 0 saturated carbocycles. The number of piperidine rings is 1. The van der Waals surface area contributed by atoms with Crippen molar-refractivity contribution in [3.63, 3.8) is 0 Å². The zero-order chi connectivity index (χ0) is 20.4. The van der Waals surface area contributed by atoms with Crippen LogP contribution in [0.5, 0.6) is 0 Å². The van der Waals surface area contributed by atoms with Crippen LogP contribution in [0, 0.1) is 17.1 Å². The molecule has 1 saturated heterocycles. The highest BCUT2D eigenvalue weighted by molar-refractivity contribution is 5.89. The molecule has 2 aromatic carbocycles. The summed E-state index contributed by atoms with van der Waals surface area (Å²) in [5, 5.41) is 14.7. The zero-order valence-corrected chi connectivity index (χ0v) is 15.9. The Bertz CT molecular complexity index is 1070. The molecule has 148 valence electrons. The van der Waals surface area contributed by atoms with E-state index >= 15 is 0 Å². The van der Waals surface area contributed by atoms with Crippen LogP contribution in [0.1, 0.15) is 30.3 Å². The normalized spacial score (nSPS) is 19.6. The molecule has 1 aliphatic heterocycles. The summed E-state index contributed by atoms with van der Waals surface area (Å²) in [5.74, 6) is 0.468. The molecule has 2 atom stereocenters. The van der Waals surface area contributed by atoms with E-state index in [1.54, 1.807) is 30.3 Å². The fraction of sp³-hybridized carbons (Fsp3) is 0.286. The van der Waals surface area contributed by atoms with Gasteiger partial charge in [0.1, 0.15) is 11.6 Å². The number of aromatic amines is 1. The number of likely N-dealkylation sites (tertiary alicyclic amines) is 1. The number of urea groups is 1. The van der Waals surface area contributed by atoms with Gasteiger partial charge >= 0.3 is 6.03 Å². The van der Waals surface area contributed by atoms with E-state index in [0.717, 1.165) is 24.3 Å². The van der Waals surface area contributed by atoms with Crippen molar-refractivity contribution < 1.29 is 9.18 Å². The summed E-state index contributed by atoms with van der Waals surface area (Å²) in [6.45, 7) is 0.803. The molecule has 8 heteroatoms. The first-order chi connectivity index (χ1) is 14.0. The number of anilines is 1. The Balaban J connectivity index is 1.42. The topological polar surface area (TPSA) is 96.8 Å². The molecule has 29 heavy (non-hydrogen) atoms.